The molecule has 10 heteroatoms. The Morgan fingerprint density at radius 3 is 2.17 bits per heavy atom. The van der Waals surface area contributed by atoms with Crippen molar-refractivity contribution in [1.29, 1.82) is 0 Å². The van der Waals surface area contributed by atoms with Gasteiger partial charge in [-0.1, -0.05) is 0 Å². The van der Waals surface area contributed by atoms with Gasteiger partial charge in [-0.05, 0) is 11.6 Å². The maximum atomic E-state index is 12.1. The van der Waals surface area contributed by atoms with Gasteiger partial charge in [-0.15, -0.1) is 0 Å². The Bertz CT molecular complexity index is 584. The van der Waals surface area contributed by atoms with E-state index in [0.29, 0.717) is 0 Å². The van der Waals surface area contributed by atoms with Crippen LogP contribution in [0.4, 0.5) is 0 Å². The lowest BCUT2D eigenvalue weighted by Crippen LogP contribution is -2.53. The van der Waals surface area contributed by atoms with Crippen molar-refractivity contribution in [2.75, 3.05) is 13.1 Å². The molecule has 0 aliphatic carbocycles. The fourth-order valence-corrected chi connectivity index (χ4v) is 2.71. The van der Waals surface area contributed by atoms with Gasteiger partial charge in [0.05, 0.1) is 25.5 Å². The fraction of sp³-hybridized carbons (Fsp3) is 0.250. The van der Waals surface area contributed by atoms with Crippen LogP contribution in [0.5, 0.6) is 0 Å². The summed E-state index contributed by atoms with van der Waals surface area (Å²) in [5, 5.41) is 1.91. The SMILES string of the molecule is O=C1CN(S(=O)(=O)c2cnc(Cl)nc2)CC(=O)N1. The maximum absolute atomic E-state index is 12.1. The second kappa shape index (κ2) is 4.59. The number of carbonyl (C=O) groups is 2. The van der Waals surface area contributed by atoms with Crippen LogP contribution in [0.3, 0.4) is 0 Å². The van der Waals surface area contributed by atoms with E-state index in [0.717, 1.165) is 16.7 Å². The van der Waals surface area contributed by atoms with Crippen molar-refractivity contribution in [2.45, 2.75) is 4.90 Å². The number of carbonyl (C=O) groups excluding carboxylic acids is 2. The molecule has 1 aliphatic heterocycles. The zero-order valence-electron chi connectivity index (χ0n) is 8.83. The molecule has 2 amide bonds. The number of nitrogens with one attached hydrogen (secondary N) is 1. The van der Waals surface area contributed by atoms with Crippen molar-refractivity contribution in [3.05, 3.63) is 17.7 Å². The van der Waals surface area contributed by atoms with Gasteiger partial charge in [0.25, 0.3) is 0 Å². The first-order chi connectivity index (χ1) is 8.39. The fourth-order valence-electron chi connectivity index (χ4n) is 1.36. The van der Waals surface area contributed by atoms with Crippen LogP contribution in [-0.2, 0) is 19.6 Å². The highest BCUT2D eigenvalue weighted by Crippen LogP contribution is 2.15. The predicted molar refractivity (Wildman–Crippen MR) is 59.0 cm³/mol. The van der Waals surface area contributed by atoms with Gasteiger partial charge >= 0.3 is 0 Å². The predicted octanol–water partition coefficient (Wildman–Crippen LogP) is -1.22. The number of nitrogens with zero attached hydrogens (tertiary/aromatic N) is 3. The van der Waals surface area contributed by atoms with Gasteiger partial charge in [-0.25, -0.2) is 18.4 Å². The molecule has 1 aliphatic rings. The largest absolute Gasteiger partial charge is 0.294 e. The summed E-state index contributed by atoms with van der Waals surface area (Å²) in [4.78, 5) is 29.1. The summed E-state index contributed by atoms with van der Waals surface area (Å²) in [5.41, 5.74) is 0. The number of halogens is 1. The normalized spacial score (nSPS) is 17.6. The van der Waals surface area contributed by atoms with E-state index in [9.17, 15) is 18.0 Å². The van der Waals surface area contributed by atoms with Gasteiger partial charge < -0.3 is 0 Å². The molecule has 1 aromatic heterocycles. The molecule has 0 aromatic carbocycles. The van der Waals surface area contributed by atoms with Crippen LogP contribution < -0.4 is 5.32 Å². The molecule has 1 aromatic rings. The second-order valence-electron chi connectivity index (χ2n) is 3.43. The summed E-state index contributed by atoms with van der Waals surface area (Å²) in [6, 6.07) is 0. The monoisotopic (exact) mass is 290 g/mol. The van der Waals surface area contributed by atoms with Crippen molar-refractivity contribution >= 4 is 33.4 Å². The summed E-state index contributed by atoms with van der Waals surface area (Å²) in [7, 11) is -3.98. The number of aromatic nitrogens is 2. The Morgan fingerprint density at radius 1 is 1.17 bits per heavy atom. The highest BCUT2D eigenvalue weighted by molar-refractivity contribution is 7.89. The third-order valence-corrected chi connectivity index (χ3v) is 4.09. The van der Waals surface area contributed by atoms with E-state index < -0.39 is 34.9 Å². The highest BCUT2D eigenvalue weighted by atomic mass is 35.5. The minimum atomic E-state index is -3.98. The molecule has 0 atom stereocenters. The molecule has 0 spiro atoms. The summed E-state index contributed by atoms with van der Waals surface area (Å²) in [6.45, 7) is -0.840. The number of imide groups is 1. The first-order valence-electron chi connectivity index (χ1n) is 4.70. The van der Waals surface area contributed by atoms with Gasteiger partial charge in [0.1, 0.15) is 4.90 Å². The van der Waals surface area contributed by atoms with E-state index in [4.69, 9.17) is 11.6 Å². The van der Waals surface area contributed by atoms with Crippen LogP contribution in [0.2, 0.25) is 5.28 Å². The Hall–Kier alpha value is -1.58. The van der Waals surface area contributed by atoms with E-state index in [2.05, 4.69) is 9.97 Å². The molecule has 1 saturated heterocycles. The lowest BCUT2D eigenvalue weighted by molar-refractivity contribution is -0.134. The quantitative estimate of drug-likeness (QED) is 0.540. The molecule has 8 nitrogen and oxygen atoms in total. The number of amides is 2. The van der Waals surface area contributed by atoms with Crippen molar-refractivity contribution in [3.63, 3.8) is 0 Å². The van der Waals surface area contributed by atoms with Crippen LogP contribution in [-0.4, -0.2) is 47.6 Å². The molecule has 0 saturated carbocycles. The van der Waals surface area contributed by atoms with Crippen LogP contribution >= 0.6 is 11.6 Å². The van der Waals surface area contributed by atoms with Crippen molar-refractivity contribution in [3.8, 4) is 0 Å². The minimum absolute atomic E-state index is 0.0959. The second-order valence-corrected chi connectivity index (χ2v) is 5.71. The van der Waals surface area contributed by atoms with E-state index in [-0.39, 0.29) is 10.2 Å². The third kappa shape index (κ3) is 2.47. The molecule has 1 fully saturated rings. The summed E-state index contributed by atoms with van der Waals surface area (Å²) in [6.07, 6.45) is 2.03. The smallest absolute Gasteiger partial charge is 0.247 e. The number of piperazine rings is 1. The van der Waals surface area contributed by atoms with E-state index in [1.807, 2.05) is 5.32 Å². The van der Waals surface area contributed by atoms with Gasteiger partial charge in [0.15, 0.2) is 0 Å². The zero-order valence-corrected chi connectivity index (χ0v) is 10.4. The van der Waals surface area contributed by atoms with E-state index >= 15 is 0 Å². The standard InChI is InChI=1S/C8H7ClN4O4S/c9-8-10-1-5(2-11-8)18(16,17)13-3-6(14)12-7(15)4-13/h1-2H,3-4H2,(H,12,14,15). The van der Waals surface area contributed by atoms with Crippen LogP contribution in [0.25, 0.3) is 0 Å². The summed E-state index contributed by atoms with van der Waals surface area (Å²) in [5.74, 6) is -1.35. The van der Waals surface area contributed by atoms with Crippen LogP contribution in [0.1, 0.15) is 0 Å². The third-order valence-electron chi connectivity index (χ3n) is 2.15. The van der Waals surface area contributed by atoms with Crippen molar-refractivity contribution in [2.24, 2.45) is 0 Å². The Labute approximate surface area is 107 Å². The number of sulfonamides is 1. The molecule has 2 heterocycles. The topological polar surface area (TPSA) is 109 Å². The van der Waals surface area contributed by atoms with Crippen molar-refractivity contribution in [1.82, 2.24) is 19.6 Å². The number of hydrogen-bond donors (Lipinski definition) is 1. The van der Waals surface area contributed by atoms with Gasteiger partial charge in [-0.2, -0.15) is 4.31 Å². The molecule has 1 N–H and O–H groups in total. The number of rotatable bonds is 2. The number of hydrogen-bond acceptors (Lipinski definition) is 6. The molecule has 18 heavy (non-hydrogen) atoms. The minimum Gasteiger partial charge on any atom is -0.294 e. The van der Waals surface area contributed by atoms with Gasteiger partial charge in [0.2, 0.25) is 27.1 Å². The van der Waals surface area contributed by atoms with Crippen LogP contribution in [0, 0.1) is 0 Å². The lowest BCUT2D eigenvalue weighted by atomic mass is 10.4. The Kier molecular flexibility index (Phi) is 3.28. The first-order valence-corrected chi connectivity index (χ1v) is 6.52. The first kappa shape index (κ1) is 12.9. The van der Waals surface area contributed by atoms with Crippen molar-refractivity contribution < 1.29 is 18.0 Å². The lowest BCUT2D eigenvalue weighted by Gasteiger charge is -2.24. The molecule has 0 radical (unpaired) electrons. The average Bonchev–Trinajstić information content (AvgIpc) is 2.28. The molecular weight excluding hydrogens is 284 g/mol. The molecule has 0 bridgehead atoms. The maximum Gasteiger partial charge on any atom is 0.247 e. The van der Waals surface area contributed by atoms with E-state index in [1.165, 1.54) is 0 Å². The molecular formula is C8H7ClN4O4S. The van der Waals surface area contributed by atoms with Gasteiger partial charge in [0, 0.05) is 0 Å². The zero-order chi connectivity index (χ0) is 13.3. The average molecular weight is 291 g/mol. The molecule has 0 unspecified atom stereocenters. The molecule has 96 valence electrons. The summed E-state index contributed by atoms with van der Waals surface area (Å²) >= 11 is 5.44. The Balaban J connectivity index is 2.33. The van der Waals surface area contributed by atoms with E-state index in [1.54, 1.807) is 0 Å². The summed E-state index contributed by atoms with van der Waals surface area (Å²) < 4.78 is 24.9. The van der Waals surface area contributed by atoms with Crippen LogP contribution in [0.15, 0.2) is 17.3 Å². The molecule has 2 rings (SSSR count). The Morgan fingerprint density at radius 2 is 1.67 bits per heavy atom. The highest BCUT2D eigenvalue weighted by Gasteiger charge is 2.33. The van der Waals surface area contributed by atoms with Gasteiger partial charge in [-0.3, -0.25) is 14.9 Å².